The van der Waals surface area contributed by atoms with Crippen molar-refractivity contribution in [1.29, 1.82) is 0 Å². The maximum atomic E-state index is 6.21. The average molecular weight is 430 g/mol. The highest BCUT2D eigenvalue weighted by Gasteiger charge is 2.16. The van der Waals surface area contributed by atoms with Crippen LogP contribution in [0.2, 0.25) is 5.02 Å². The van der Waals surface area contributed by atoms with Crippen LogP contribution in [0, 0.1) is 0 Å². The molecule has 0 aliphatic heterocycles. The fraction of sp³-hybridized carbons (Fsp3) is 0.133. The van der Waals surface area contributed by atoms with Crippen molar-refractivity contribution >= 4 is 60.2 Å². The van der Waals surface area contributed by atoms with Crippen LogP contribution in [0.1, 0.15) is 6.92 Å². The summed E-state index contributed by atoms with van der Waals surface area (Å²) in [5.74, 6) is 0.842. The predicted molar refractivity (Wildman–Crippen MR) is 95.7 cm³/mol. The number of halogens is 3. The summed E-state index contributed by atoms with van der Waals surface area (Å²) >= 11 is 13.0. The van der Waals surface area contributed by atoms with E-state index in [1.165, 1.54) is 0 Å². The van der Waals surface area contributed by atoms with Gasteiger partial charge >= 0.3 is 0 Å². The highest BCUT2D eigenvalue weighted by Crippen LogP contribution is 2.36. The van der Waals surface area contributed by atoms with Crippen molar-refractivity contribution in [2.75, 3.05) is 5.73 Å². The zero-order chi connectivity index (χ0) is 15.1. The second-order valence-electron chi connectivity index (χ2n) is 4.66. The number of nitrogens with zero attached hydrogens (tertiary/aromatic N) is 2. The summed E-state index contributed by atoms with van der Waals surface area (Å²) in [5, 5.41) is 0.679. The SMILES string of the molecule is CCn1c(-c2cc(Br)cc(Br)c2N)nc2cc(Cl)ccc21. The number of nitrogens with two attached hydrogens (primary N) is 1. The number of hydrogen-bond acceptors (Lipinski definition) is 2. The van der Waals surface area contributed by atoms with E-state index in [1.807, 2.05) is 30.3 Å². The molecule has 6 heteroatoms. The molecule has 0 saturated carbocycles. The molecule has 0 atom stereocenters. The maximum Gasteiger partial charge on any atom is 0.143 e. The van der Waals surface area contributed by atoms with Gasteiger partial charge in [-0.05, 0) is 53.2 Å². The highest BCUT2D eigenvalue weighted by molar-refractivity contribution is 9.11. The molecule has 0 unspecified atom stereocenters. The van der Waals surface area contributed by atoms with E-state index in [1.54, 1.807) is 0 Å². The summed E-state index contributed by atoms with van der Waals surface area (Å²) in [6, 6.07) is 9.64. The number of imidazole rings is 1. The third kappa shape index (κ3) is 2.58. The van der Waals surface area contributed by atoms with Crippen LogP contribution >= 0.6 is 43.5 Å². The normalized spacial score (nSPS) is 11.2. The highest BCUT2D eigenvalue weighted by atomic mass is 79.9. The Morgan fingerprint density at radius 3 is 2.71 bits per heavy atom. The minimum absolute atomic E-state index is 0.675. The first kappa shape index (κ1) is 14.9. The molecule has 21 heavy (non-hydrogen) atoms. The van der Waals surface area contributed by atoms with Crippen LogP contribution in [0.25, 0.3) is 22.4 Å². The van der Waals surface area contributed by atoms with Gasteiger partial charge in [-0.25, -0.2) is 4.98 Å². The summed E-state index contributed by atoms with van der Waals surface area (Å²) in [6.07, 6.45) is 0. The van der Waals surface area contributed by atoms with Gasteiger partial charge < -0.3 is 10.3 Å². The molecule has 1 heterocycles. The second kappa shape index (κ2) is 5.63. The summed E-state index contributed by atoms with van der Waals surface area (Å²) in [6.45, 7) is 2.89. The first-order valence-electron chi connectivity index (χ1n) is 6.42. The van der Waals surface area contributed by atoms with E-state index in [0.717, 1.165) is 37.9 Å². The molecule has 2 N–H and O–H groups in total. The van der Waals surface area contributed by atoms with Crippen molar-refractivity contribution in [3.05, 3.63) is 44.3 Å². The van der Waals surface area contributed by atoms with Gasteiger partial charge in [-0.15, -0.1) is 0 Å². The van der Waals surface area contributed by atoms with E-state index in [2.05, 4.69) is 43.4 Å². The summed E-state index contributed by atoms with van der Waals surface area (Å²) in [7, 11) is 0. The van der Waals surface area contributed by atoms with E-state index < -0.39 is 0 Å². The van der Waals surface area contributed by atoms with Crippen molar-refractivity contribution in [3.63, 3.8) is 0 Å². The van der Waals surface area contributed by atoms with Gasteiger partial charge in [0.2, 0.25) is 0 Å². The van der Waals surface area contributed by atoms with E-state index >= 15 is 0 Å². The number of hydrogen-bond donors (Lipinski definition) is 1. The first-order valence-corrected chi connectivity index (χ1v) is 8.38. The van der Waals surface area contributed by atoms with Crippen LogP contribution in [0.5, 0.6) is 0 Å². The Labute approximate surface area is 144 Å². The number of aromatic nitrogens is 2. The lowest BCUT2D eigenvalue weighted by atomic mass is 10.1. The minimum atomic E-state index is 0.675. The molecule has 2 aromatic carbocycles. The Morgan fingerprint density at radius 2 is 2.00 bits per heavy atom. The van der Waals surface area contributed by atoms with Gasteiger partial charge in [0.1, 0.15) is 5.82 Å². The fourth-order valence-corrected chi connectivity index (χ4v) is 3.79. The van der Waals surface area contributed by atoms with Crippen molar-refractivity contribution < 1.29 is 0 Å². The molecule has 0 bridgehead atoms. The van der Waals surface area contributed by atoms with Gasteiger partial charge in [0.25, 0.3) is 0 Å². The van der Waals surface area contributed by atoms with Gasteiger partial charge in [0.15, 0.2) is 0 Å². The van der Waals surface area contributed by atoms with E-state index in [-0.39, 0.29) is 0 Å². The number of anilines is 1. The lowest BCUT2D eigenvalue weighted by molar-refractivity contribution is 0.796. The number of aryl methyl sites for hydroxylation is 1. The molecule has 3 aromatic rings. The smallest absolute Gasteiger partial charge is 0.143 e. The van der Waals surface area contributed by atoms with Gasteiger partial charge in [0.05, 0.1) is 16.7 Å². The maximum absolute atomic E-state index is 6.21. The molecule has 0 aliphatic rings. The van der Waals surface area contributed by atoms with Crippen molar-refractivity contribution in [2.45, 2.75) is 13.5 Å². The number of rotatable bonds is 2. The largest absolute Gasteiger partial charge is 0.397 e. The average Bonchev–Trinajstić information content (AvgIpc) is 2.79. The van der Waals surface area contributed by atoms with Crippen LogP contribution < -0.4 is 5.73 Å². The van der Waals surface area contributed by atoms with Crippen molar-refractivity contribution in [3.8, 4) is 11.4 Å². The molecular weight excluding hydrogens is 417 g/mol. The lowest BCUT2D eigenvalue weighted by Gasteiger charge is -2.10. The molecule has 0 aliphatic carbocycles. The molecule has 0 fully saturated rings. The predicted octanol–water partition coefficient (Wildman–Crippen LogP) is 5.48. The topological polar surface area (TPSA) is 43.8 Å². The molecule has 0 saturated heterocycles. The van der Waals surface area contributed by atoms with Gasteiger partial charge in [-0.2, -0.15) is 0 Å². The van der Waals surface area contributed by atoms with Crippen LogP contribution in [0.3, 0.4) is 0 Å². The van der Waals surface area contributed by atoms with Crippen molar-refractivity contribution in [1.82, 2.24) is 9.55 Å². The van der Waals surface area contributed by atoms with E-state index in [0.29, 0.717) is 10.7 Å². The van der Waals surface area contributed by atoms with Crippen LogP contribution in [0.4, 0.5) is 5.69 Å². The Balaban J connectivity index is 2.35. The van der Waals surface area contributed by atoms with E-state index in [4.69, 9.17) is 22.3 Å². The van der Waals surface area contributed by atoms with Crippen LogP contribution in [0.15, 0.2) is 39.3 Å². The van der Waals surface area contributed by atoms with Gasteiger partial charge in [0, 0.05) is 26.1 Å². The molecule has 0 spiro atoms. The second-order valence-corrected chi connectivity index (χ2v) is 6.87. The molecule has 0 radical (unpaired) electrons. The number of fused-ring (bicyclic) bond motifs is 1. The standard InChI is InChI=1S/C15H12Br2ClN3/c1-2-21-13-4-3-9(18)7-12(13)20-15(21)10-5-8(16)6-11(17)14(10)19/h3-7H,2,19H2,1H3. The van der Waals surface area contributed by atoms with E-state index in [9.17, 15) is 0 Å². The monoisotopic (exact) mass is 427 g/mol. The molecule has 3 rings (SSSR count). The molecule has 108 valence electrons. The van der Waals surface area contributed by atoms with Gasteiger partial charge in [-0.1, -0.05) is 27.5 Å². The summed E-state index contributed by atoms with van der Waals surface area (Å²) in [5.41, 5.74) is 9.70. The zero-order valence-corrected chi connectivity index (χ0v) is 15.1. The fourth-order valence-electron chi connectivity index (χ4n) is 2.40. The molecule has 1 aromatic heterocycles. The summed E-state index contributed by atoms with van der Waals surface area (Å²) < 4.78 is 3.93. The number of nitrogen functional groups attached to an aromatic ring is 1. The summed E-state index contributed by atoms with van der Waals surface area (Å²) in [4.78, 5) is 4.71. The Kier molecular flexibility index (Phi) is 3.99. The van der Waals surface area contributed by atoms with Crippen molar-refractivity contribution in [2.24, 2.45) is 0 Å². The zero-order valence-electron chi connectivity index (χ0n) is 11.2. The lowest BCUT2D eigenvalue weighted by Crippen LogP contribution is -2.00. The quantitative estimate of drug-likeness (QED) is 0.548. The van der Waals surface area contributed by atoms with Crippen LogP contribution in [-0.2, 0) is 6.54 Å². The molecule has 0 amide bonds. The van der Waals surface area contributed by atoms with Crippen LogP contribution in [-0.4, -0.2) is 9.55 Å². The Morgan fingerprint density at radius 1 is 1.24 bits per heavy atom. The first-order chi connectivity index (χ1) is 10.0. The molecular formula is C15H12Br2ClN3. The Bertz CT molecular complexity index is 843. The third-order valence-corrected chi connectivity index (χ3v) is 4.71. The molecule has 3 nitrogen and oxygen atoms in total. The van der Waals surface area contributed by atoms with Gasteiger partial charge in [-0.3, -0.25) is 0 Å². The number of benzene rings is 2. The minimum Gasteiger partial charge on any atom is -0.397 e. The third-order valence-electron chi connectivity index (χ3n) is 3.36. The Hall–Kier alpha value is -1.04.